The molecule has 6 nitrogen and oxygen atoms in total. The molecule has 1 atom stereocenters. The third-order valence-electron chi connectivity index (χ3n) is 12.8. The van der Waals surface area contributed by atoms with Gasteiger partial charge >= 0.3 is 17.9 Å². The van der Waals surface area contributed by atoms with Gasteiger partial charge in [0.15, 0.2) is 6.10 Å². The fourth-order valence-electron chi connectivity index (χ4n) is 8.41. The average molecular weight is 952 g/mol. The van der Waals surface area contributed by atoms with Crippen LogP contribution in [0.2, 0.25) is 0 Å². The topological polar surface area (TPSA) is 78.9 Å². The van der Waals surface area contributed by atoms with Gasteiger partial charge in [-0.2, -0.15) is 0 Å². The Kier molecular flexibility index (Phi) is 54.3. The smallest absolute Gasteiger partial charge is 0.306 e. The number of allylic oxidation sites excluding steroid dienone is 10. The van der Waals surface area contributed by atoms with Gasteiger partial charge in [0, 0.05) is 19.3 Å². The molecule has 0 aromatic rings. The Hall–Kier alpha value is -2.89. The molecule has 0 aliphatic heterocycles. The Balaban J connectivity index is 4.26. The van der Waals surface area contributed by atoms with Crippen molar-refractivity contribution in [1.82, 2.24) is 0 Å². The van der Waals surface area contributed by atoms with E-state index in [1.54, 1.807) is 0 Å². The van der Waals surface area contributed by atoms with Gasteiger partial charge in [-0.3, -0.25) is 14.4 Å². The summed E-state index contributed by atoms with van der Waals surface area (Å²) < 4.78 is 16.9. The molecule has 0 aliphatic rings. The molecule has 0 rings (SSSR count). The van der Waals surface area contributed by atoms with Crippen LogP contribution in [0.5, 0.6) is 0 Å². The summed E-state index contributed by atoms with van der Waals surface area (Å²) in [5.41, 5.74) is 0. The Morgan fingerprint density at radius 3 is 0.897 bits per heavy atom. The van der Waals surface area contributed by atoms with Crippen LogP contribution in [0.15, 0.2) is 60.8 Å². The third-order valence-corrected chi connectivity index (χ3v) is 12.8. The standard InChI is InChI=1S/C62H110O6/c1-4-7-10-13-16-19-22-25-26-27-28-29-30-31-32-33-34-35-36-38-40-43-46-49-52-55-61(64)67-58-59(57-66-60(63)54-51-48-45-42-39-24-21-18-15-12-9-6-3)68-62(65)56-53-50-47-44-41-37-23-20-17-14-11-8-5-2/h7,10,16,19,25-26,28-29,31-32,59H,4-6,8-9,11-15,17-18,20-24,27,30,33-58H2,1-3H3/b10-7-,19-16-,26-25-,29-28-,32-31-. The van der Waals surface area contributed by atoms with Crippen LogP contribution in [-0.2, 0) is 28.6 Å². The zero-order valence-corrected chi connectivity index (χ0v) is 45.1. The molecular weight excluding hydrogens is 841 g/mol. The van der Waals surface area contributed by atoms with Gasteiger partial charge in [-0.15, -0.1) is 0 Å². The molecule has 0 N–H and O–H groups in total. The molecule has 0 saturated heterocycles. The van der Waals surface area contributed by atoms with Crippen molar-refractivity contribution in [3.63, 3.8) is 0 Å². The van der Waals surface area contributed by atoms with E-state index in [4.69, 9.17) is 14.2 Å². The van der Waals surface area contributed by atoms with Gasteiger partial charge in [0.2, 0.25) is 0 Å². The molecule has 68 heavy (non-hydrogen) atoms. The Bertz CT molecular complexity index is 1230. The molecule has 0 radical (unpaired) electrons. The van der Waals surface area contributed by atoms with E-state index in [1.807, 2.05) is 0 Å². The van der Waals surface area contributed by atoms with Crippen LogP contribution in [0, 0.1) is 0 Å². The Morgan fingerprint density at radius 1 is 0.309 bits per heavy atom. The molecule has 0 amide bonds. The van der Waals surface area contributed by atoms with Gasteiger partial charge in [-0.25, -0.2) is 0 Å². The number of esters is 3. The van der Waals surface area contributed by atoms with Crippen molar-refractivity contribution >= 4 is 17.9 Å². The minimum atomic E-state index is -0.772. The van der Waals surface area contributed by atoms with E-state index in [9.17, 15) is 14.4 Å². The maximum absolute atomic E-state index is 12.8. The largest absolute Gasteiger partial charge is 0.462 e. The number of carbonyl (C=O) groups excluding carboxylic acids is 3. The highest BCUT2D eigenvalue weighted by Crippen LogP contribution is 2.16. The number of hydrogen-bond acceptors (Lipinski definition) is 6. The maximum Gasteiger partial charge on any atom is 0.306 e. The molecule has 0 saturated carbocycles. The minimum Gasteiger partial charge on any atom is -0.462 e. The van der Waals surface area contributed by atoms with Crippen LogP contribution in [0.25, 0.3) is 0 Å². The fraction of sp³-hybridized carbons (Fsp3) is 0.790. The summed E-state index contributed by atoms with van der Waals surface area (Å²) in [4.78, 5) is 38.1. The molecule has 0 aromatic heterocycles. The maximum atomic E-state index is 12.8. The molecule has 0 bridgehead atoms. The molecule has 0 aliphatic carbocycles. The molecule has 6 heteroatoms. The molecular formula is C62H110O6. The first kappa shape index (κ1) is 65.1. The van der Waals surface area contributed by atoms with E-state index in [2.05, 4.69) is 81.5 Å². The van der Waals surface area contributed by atoms with Crippen molar-refractivity contribution in [3.05, 3.63) is 60.8 Å². The lowest BCUT2D eigenvalue weighted by Gasteiger charge is -2.18. The predicted molar refractivity (Wildman–Crippen MR) is 293 cm³/mol. The first-order valence-corrected chi connectivity index (χ1v) is 29.3. The average Bonchev–Trinajstić information content (AvgIpc) is 3.34. The quantitative estimate of drug-likeness (QED) is 0.0262. The zero-order valence-electron chi connectivity index (χ0n) is 45.1. The normalized spacial score (nSPS) is 12.5. The second-order valence-corrected chi connectivity index (χ2v) is 19.5. The van der Waals surface area contributed by atoms with Gasteiger partial charge in [-0.05, 0) is 64.2 Å². The first-order chi connectivity index (χ1) is 33.5. The van der Waals surface area contributed by atoms with Crippen molar-refractivity contribution < 1.29 is 28.6 Å². The summed E-state index contributed by atoms with van der Waals surface area (Å²) in [6.45, 7) is 6.55. The third kappa shape index (κ3) is 54.1. The van der Waals surface area contributed by atoms with E-state index in [-0.39, 0.29) is 31.1 Å². The lowest BCUT2D eigenvalue weighted by Crippen LogP contribution is -2.30. The number of ether oxygens (including phenoxy) is 3. The second kappa shape index (κ2) is 56.7. The van der Waals surface area contributed by atoms with Crippen molar-refractivity contribution in [2.75, 3.05) is 13.2 Å². The van der Waals surface area contributed by atoms with E-state index in [1.165, 1.54) is 161 Å². The van der Waals surface area contributed by atoms with Crippen LogP contribution in [0.1, 0.15) is 297 Å². The van der Waals surface area contributed by atoms with Crippen molar-refractivity contribution in [3.8, 4) is 0 Å². The SMILES string of the molecule is CC/C=C\C/C=C\C/C=C\C/C=C\C/C=C\CCCCCCCCCCCC(=O)OCC(COC(=O)CCCCCCCCCCCCCC)OC(=O)CCCCCCCCCCCCCCC. The van der Waals surface area contributed by atoms with Crippen LogP contribution in [-0.4, -0.2) is 37.2 Å². The van der Waals surface area contributed by atoms with Gasteiger partial charge in [-0.1, -0.05) is 274 Å². The molecule has 0 heterocycles. The highest BCUT2D eigenvalue weighted by atomic mass is 16.6. The van der Waals surface area contributed by atoms with Gasteiger partial charge in [0.25, 0.3) is 0 Å². The number of rotatable bonds is 53. The van der Waals surface area contributed by atoms with Crippen molar-refractivity contribution in [2.24, 2.45) is 0 Å². The summed E-state index contributed by atoms with van der Waals surface area (Å²) in [5.74, 6) is -0.864. The van der Waals surface area contributed by atoms with Gasteiger partial charge in [0.05, 0.1) is 0 Å². The lowest BCUT2D eigenvalue weighted by molar-refractivity contribution is -0.167. The van der Waals surface area contributed by atoms with E-state index in [0.29, 0.717) is 19.3 Å². The zero-order chi connectivity index (χ0) is 49.3. The van der Waals surface area contributed by atoms with Crippen LogP contribution < -0.4 is 0 Å². The monoisotopic (exact) mass is 951 g/mol. The summed E-state index contributed by atoms with van der Waals surface area (Å²) in [5, 5.41) is 0. The highest BCUT2D eigenvalue weighted by Gasteiger charge is 2.19. The van der Waals surface area contributed by atoms with Gasteiger partial charge < -0.3 is 14.2 Å². The van der Waals surface area contributed by atoms with E-state index in [0.717, 1.165) is 96.3 Å². The van der Waals surface area contributed by atoms with E-state index >= 15 is 0 Å². The summed E-state index contributed by atoms with van der Waals surface area (Å²) in [7, 11) is 0. The fourth-order valence-corrected chi connectivity index (χ4v) is 8.41. The van der Waals surface area contributed by atoms with Crippen molar-refractivity contribution in [1.29, 1.82) is 0 Å². The van der Waals surface area contributed by atoms with E-state index < -0.39 is 6.10 Å². The Labute approximate surface area is 421 Å². The minimum absolute atomic E-state index is 0.0713. The molecule has 0 fully saturated rings. The van der Waals surface area contributed by atoms with Crippen LogP contribution in [0.4, 0.5) is 0 Å². The summed E-state index contributed by atoms with van der Waals surface area (Å²) >= 11 is 0. The molecule has 0 aromatic carbocycles. The molecule has 1 unspecified atom stereocenters. The second-order valence-electron chi connectivity index (χ2n) is 19.5. The first-order valence-electron chi connectivity index (χ1n) is 29.3. The molecule has 394 valence electrons. The van der Waals surface area contributed by atoms with Gasteiger partial charge in [0.1, 0.15) is 13.2 Å². The van der Waals surface area contributed by atoms with Crippen LogP contribution >= 0.6 is 0 Å². The summed E-state index contributed by atoms with van der Waals surface area (Å²) in [6, 6.07) is 0. The lowest BCUT2D eigenvalue weighted by atomic mass is 10.0. The molecule has 0 spiro atoms. The number of carbonyl (C=O) groups is 3. The Morgan fingerprint density at radius 2 is 0.574 bits per heavy atom. The van der Waals surface area contributed by atoms with Crippen molar-refractivity contribution in [2.45, 2.75) is 303 Å². The number of hydrogen-bond donors (Lipinski definition) is 0. The highest BCUT2D eigenvalue weighted by molar-refractivity contribution is 5.71. The summed E-state index contributed by atoms with van der Waals surface area (Å²) in [6.07, 6.45) is 70.7. The number of unbranched alkanes of at least 4 members (excludes halogenated alkanes) is 32. The predicted octanol–water partition coefficient (Wildman–Crippen LogP) is 19.6. The van der Waals surface area contributed by atoms with Crippen LogP contribution in [0.3, 0.4) is 0 Å².